The summed E-state index contributed by atoms with van der Waals surface area (Å²) >= 11 is 0. The Morgan fingerprint density at radius 3 is 2.77 bits per heavy atom. The Morgan fingerprint density at radius 2 is 2.15 bits per heavy atom. The molecule has 0 spiro atoms. The van der Waals surface area contributed by atoms with Gasteiger partial charge in [-0.3, -0.25) is 0 Å². The molecular weight excluding hydrogens is 168 g/mol. The number of aliphatic carboxylic acids is 1. The first-order valence-electron chi connectivity index (χ1n) is 4.04. The molecule has 0 amide bonds. The van der Waals surface area contributed by atoms with Gasteiger partial charge in [0.2, 0.25) is 0 Å². The van der Waals surface area contributed by atoms with E-state index in [2.05, 4.69) is 0 Å². The van der Waals surface area contributed by atoms with E-state index < -0.39 is 5.97 Å². The molecular formula is C10H12O3. The topological polar surface area (TPSA) is 46.5 Å². The van der Waals surface area contributed by atoms with Crippen LogP contribution in [0.5, 0.6) is 0 Å². The summed E-state index contributed by atoms with van der Waals surface area (Å²) < 4.78 is 4.96. The predicted octanol–water partition coefficient (Wildman–Crippen LogP) is 1.60. The fourth-order valence-corrected chi connectivity index (χ4v) is 1.02. The van der Waals surface area contributed by atoms with Crippen molar-refractivity contribution in [3.63, 3.8) is 0 Å². The molecule has 0 heterocycles. The van der Waals surface area contributed by atoms with Crippen molar-refractivity contribution < 1.29 is 14.6 Å². The zero-order valence-electron chi connectivity index (χ0n) is 7.49. The Bertz CT molecular complexity index is 294. The van der Waals surface area contributed by atoms with Crippen molar-refractivity contribution in [1.29, 1.82) is 0 Å². The van der Waals surface area contributed by atoms with Crippen molar-refractivity contribution in [2.75, 3.05) is 6.61 Å². The Hall–Kier alpha value is -1.35. The third-order valence-electron chi connectivity index (χ3n) is 1.74. The average Bonchev–Trinajstić information content (AvgIpc) is 2.08. The molecule has 1 N–H and O–H groups in total. The minimum atomic E-state index is -0.936. The Kier molecular flexibility index (Phi) is 3.46. The number of ether oxygens (including phenoxy) is 1. The van der Waals surface area contributed by atoms with Gasteiger partial charge < -0.3 is 9.84 Å². The molecule has 0 fully saturated rings. The van der Waals surface area contributed by atoms with Crippen molar-refractivity contribution in [1.82, 2.24) is 0 Å². The van der Waals surface area contributed by atoms with Crippen LogP contribution in [-0.2, 0) is 16.1 Å². The van der Waals surface area contributed by atoms with Crippen LogP contribution >= 0.6 is 0 Å². The van der Waals surface area contributed by atoms with Crippen LogP contribution < -0.4 is 0 Å². The van der Waals surface area contributed by atoms with E-state index in [9.17, 15) is 4.79 Å². The number of aryl methyl sites for hydroxylation is 1. The van der Waals surface area contributed by atoms with E-state index in [1.54, 1.807) is 0 Å². The SMILES string of the molecule is Cc1ccccc1COCC(=O)O. The molecule has 1 aromatic rings. The fourth-order valence-electron chi connectivity index (χ4n) is 1.02. The molecule has 3 heteroatoms. The van der Waals surface area contributed by atoms with Crippen molar-refractivity contribution in [2.24, 2.45) is 0 Å². The number of carboxylic acids is 1. The van der Waals surface area contributed by atoms with E-state index >= 15 is 0 Å². The standard InChI is InChI=1S/C10H12O3/c1-8-4-2-3-5-9(8)6-13-7-10(11)12/h2-5H,6-7H2,1H3,(H,11,12). The van der Waals surface area contributed by atoms with Gasteiger partial charge in [0.05, 0.1) is 6.61 Å². The Morgan fingerprint density at radius 1 is 1.46 bits per heavy atom. The van der Waals surface area contributed by atoms with E-state index in [4.69, 9.17) is 9.84 Å². The predicted molar refractivity (Wildman–Crippen MR) is 48.5 cm³/mol. The zero-order valence-corrected chi connectivity index (χ0v) is 7.49. The van der Waals surface area contributed by atoms with Gasteiger partial charge in [0, 0.05) is 0 Å². The summed E-state index contributed by atoms with van der Waals surface area (Å²) in [5.41, 5.74) is 2.15. The first-order chi connectivity index (χ1) is 6.20. The highest BCUT2D eigenvalue weighted by atomic mass is 16.5. The van der Waals surface area contributed by atoms with Gasteiger partial charge >= 0.3 is 5.97 Å². The molecule has 70 valence electrons. The molecule has 0 aromatic heterocycles. The van der Waals surface area contributed by atoms with Gasteiger partial charge in [-0.05, 0) is 18.1 Å². The molecule has 0 bridgehead atoms. The van der Waals surface area contributed by atoms with E-state index in [-0.39, 0.29) is 6.61 Å². The van der Waals surface area contributed by atoms with Crippen LogP contribution in [-0.4, -0.2) is 17.7 Å². The lowest BCUT2D eigenvalue weighted by Gasteiger charge is -2.04. The number of benzene rings is 1. The molecule has 3 nitrogen and oxygen atoms in total. The van der Waals surface area contributed by atoms with E-state index in [1.165, 1.54) is 0 Å². The summed E-state index contributed by atoms with van der Waals surface area (Å²) in [6.45, 7) is 2.09. The molecule has 0 saturated carbocycles. The van der Waals surface area contributed by atoms with Gasteiger partial charge in [0.1, 0.15) is 6.61 Å². The van der Waals surface area contributed by atoms with Gasteiger partial charge in [-0.25, -0.2) is 4.79 Å². The van der Waals surface area contributed by atoms with Crippen LogP contribution in [0.2, 0.25) is 0 Å². The molecule has 0 atom stereocenters. The van der Waals surface area contributed by atoms with Gasteiger partial charge in [-0.1, -0.05) is 24.3 Å². The number of carboxylic acid groups (broad SMARTS) is 1. The summed E-state index contributed by atoms with van der Waals surface area (Å²) in [5, 5.41) is 8.34. The van der Waals surface area contributed by atoms with Crippen molar-refractivity contribution in [3.05, 3.63) is 35.4 Å². The van der Waals surface area contributed by atoms with Gasteiger partial charge in [-0.2, -0.15) is 0 Å². The maximum absolute atomic E-state index is 10.1. The van der Waals surface area contributed by atoms with E-state index in [0.29, 0.717) is 6.61 Å². The lowest BCUT2D eigenvalue weighted by molar-refractivity contribution is -0.142. The van der Waals surface area contributed by atoms with E-state index in [1.807, 2.05) is 31.2 Å². The Labute approximate surface area is 77.0 Å². The molecule has 1 rings (SSSR count). The third-order valence-corrected chi connectivity index (χ3v) is 1.74. The van der Waals surface area contributed by atoms with Crippen LogP contribution in [0.1, 0.15) is 11.1 Å². The number of rotatable bonds is 4. The minimum Gasteiger partial charge on any atom is -0.480 e. The summed E-state index contributed by atoms with van der Waals surface area (Å²) in [5.74, 6) is -0.936. The summed E-state index contributed by atoms with van der Waals surface area (Å²) in [6.07, 6.45) is 0. The van der Waals surface area contributed by atoms with E-state index in [0.717, 1.165) is 11.1 Å². The lowest BCUT2D eigenvalue weighted by Crippen LogP contribution is -2.07. The monoisotopic (exact) mass is 180 g/mol. The lowest BCUT2D eigenvalue weighted by atomic mass is 10.1. The minimum absolute atomic E-state index is 0.242. The van der Waals surface area contributed by atoms with Crippen LogP contribution in [0.25, 0.3) is 0 Å². The van der Waals surface area contributed by atoms with Gasteiger partial charge in [-0.15, -0.1) is 0 Å². The Balaban J connectivity index is 2.45. The molecule has 0 unspecified atom stereocenters. The van der Waals surface area contributed by atoms with Crippen LogP contribution in [0, 0.1) is 6.92 Å². The second-order valence-corrected chi connectivity index (χ2v) is 2.81. The molecule has 13 heavy (non-hydrogen) atoms. The largest absolute Gasteiger partial charge is 0.480 e. The average molecular weight is 180 g/mol. The first kappa shape index (κ1) is 9.74. The molecule has 1 aromatic carbocycles. The normalized spacial score (nSPS) is 9.92. The maximum Gasteiger partial charge on any atom is 0.329 e. The molecule has 0 aliphatic carbocycles. The van der Waals surface area contributed by atoms with Crippen molar-refractivity contribution in [3.8, 4) is 0 Å². The molecule has 0 aliphatic heterocycles. The maximum atomic E-state index is 10.1. The summed E-state index contributed by atoms with van der Waals surface area (Å²) in [7, 11) is 0. The molecule has 0 saturated heterocycles. The summed E-state index contributed by atoms with van der Waals surface area (Å²) in [4.78, 5) is 10.1. The van der Waals surface area contributed by atoms with Crippen LogP contribution in [0.3, 0.4) is 0 Å². The fraction of sp³-hybridized carbons (Fsp3) is 0.300. The number of hydrogen-bond donors (Lipinski definition) is 1. The van der Waals surface area contributed by atoms with Gasteiger partial charge in [0.15, 0.2) is 0 Å². The highest BCUT2D eigenvalue weighted by Crippen LogP contribution is 2.07. The highest BCUT2D eigenvalue weighted by molar-refractivity contribution is 5.67. The van der Waals surface area contributed by atoms with Crippen molar-refractivity contribution in [2.45, 2.75) is 13.5 Å². The second kappa shape index (κ2) is 4.62. The first-order valence-corrected chi connectivity index (χ1v) is 4.04. The van der Waals surface area contributed by atoms with Crippen LogP contribution in [0.15, 0.2) is 24.3 Å². The zero-order chi connectivity index (χ0) is 9.68. The second-order valence-electron chi connectivity index (χ2n) is 2.81. The third kappa shape index (κ3) is 3.25. The smallest absolute Gasteiger partial charge is 0.329 e. The van der Waals surface area contributed by atoms with Crippen LogP contribution in [0.4, 0.5) is 0 Å². The number of carbonyl (C=O) groups is 1. The summed E-state index contributed by atoms with van der Waals surface area (Å²) in [6, 6.07) is 7.75. The highest BCUT2D eigenvalue weighted by Gasteiger charge is 1.99. The quantitative estimate of drug-likeness (QED) is 0.765. The molecule has 0 radical (unpaired) electrons. The molecule has 0 aliphatic rings. The van der Waals surface area contributed by atoms with Crippen molar-refractivity contribution >= 4 is 5.97 Å². The van der Waals surface area contributed by atoms with Gasteiger partial charge in [0.25, 0.3) is 0 Å². The number of hydrogen-bond acceptors (Lipinski definition) is 2.